The maximum absolute atomic E-state index is 12.5. The lowest BCUT2D eigenvalue weighted by molar-refractivity contribution is -0.0824. The Kier molecular flexibility index (Phi) is 5.94. The van der Waals surface area contributed by atoms with E-state index in [4.69, 9.17) is 8.92 Å². The molecule has 0 bridgehead atoms. The van der Waals surface area contributed by atoms with E-state index in [2.05, 4.69) is 0 Å². The smallest absolute Gasteiger partial charge is 0.338 e. The number of carbonyl (C=O) groups excluding carboxylic acids is 1. The van der Waals surface area contributed by atoms with Crippen molar-refractivity contribution in [2.45, 2.75) is 49.4 Å². The van der Waals surface area contributed by atoms with Crippen LogP contribution in [0.3, 0.4) is 0 Å². The Bertz CT molecular complexity index is 876. The lowest BCUT2D eigenvalue weighted by atomic mass is 9.92. The van der Waals surface area contributed by atoms with Crippen LogP contribution >= 0.6 is 0 Å². The van der Waals surface area contributed by atoms with Gasteiger partial charge in [-0.05, 0) is 50.5 Å². The fourth-order valence-electron chi connectivity index (χ4n) is 3.04. The maximum Gasteiger partial charge on any atom is 0.338 e. The lowest BCUT2D eigenvalue weighted by Gasteiger charge is -2.33. The van der Waals surface area contributed by atoms with Gasteiger partial charge >= 0.3 is 5.97 Å². The zero-order valence-electron chi connectivity index (χ0n) is 14.9. The van der Waals surface area contributed by atoms with Gasteiger partial charge in [0.25, 0.3) is 10.1 Å². The van der Waals surface area contributed by atoms with Crippen molar-refractivity contribution in [1.29, 1.82) is 0 Å². The van der Waals surface area contributed by atoms with Gasteiger partial charge in [-0.25, -0.2) is 4.79 Å². The second kappa shape index (κ2) is 8.21. The highest BCUT2D eigenvalue weighted by atomic mass is 32.2. The largest absolute Gasteiger partial charge is 0.456 e. The summed E-state index contributed by atoms with van der Waals surface area (Å²) < 4.78 is 35.6. The zero-order chi connectivity index (χ0) is 19.4. The fourth-order valence-corrected chi connectivity index (χ4v) is 4.15. The normalized spacial score (nSPS) is 23.0. The van der Waals surface area contributed by atoms with Gasteiger partial charge in [0.2, 0.25) is 0 Å². The Labute approximate surface area is 158 Å². The molecule has 1 aliphatic carbocycles. The molecule has 3 rings (SSSR count). The standard InChI is InChI=1S/C20H22O6S/c1-14-10-12-16(13-11-14)27(23,24)26-18-9-5-8-17(19(18)21)25-20(22)15-6-3-2-4-7-15/h2-4,6-7,10-13,17-19,21H,5,8-9H2,1H3/t17-,18?,19?/m1/s1. The Balaban J connectivity index is 1.68. The highest BCUT2D eigenvalue weighted by molar-refractivity contribution is 7.86. The van der Waals surface area contributed by atoms with Gasteiger partial charge in [-0.1, -0.05) is 35.9 Å². The Morgan fingerprint density at radius 1 is 1.00 bits per heavy atom. The molecule has 2 aromatic rings. The first-order valence-electron chi connectivity index (χ1n) is 8.81. The second-order valence-electron chi connectivity index (χ2n) is 6.63. The van der Waals surface area contributed by atoms with Crippen LogP contribution in [0.5, 0.6) is 0 Å². The molecule has 1 aliphatic rings. The third kappa shape index (κ3) is 4.74. The third-order valence-corrected chi connectivity index (χ3v) is 5.92. The van der Waals surface area contributed by atoms with Crippen LogP contribution in [0.15, 0.2) is 59.5 Å². The van der Waals surface area contributed by atoms with Crippen LogP contribution in [-0.4, -0.2) is 37.8 Å². The molecule has 0 saturated heterocycles. The molecule has 0 aromatic heterocycles. The molecule has 1 saturated carbocycles. The van der Waals surface area contributed by atoms with E-state index < -0.39 is 34.4 Å². The first kappa shape index (κ1) is 19.5. The zero-order valence-corrected chi connectivity index (χ0v) is 15.8. The summed E-state index contributed by atoms with van der Waals surface area (Å²) in [5.41, 5.74) is 1.31. The summed E-state index contributed by atoms with van der Waals surface area (Å²) >= 11 is 0. The Morgan fingerprint density at radius 2 is 1.63 bits per heavy atom. The topological polar surface area (TPSA) is 89.9 Å². The van der Waals surface area contributed by atoms with E-state index in [0.29, 0.717) is 24.8 Å². The molecule has 144 valence electrons. The van der Waals surface area contributed by atoms with Crippen molar-refractivity contribution in [3.8, 4) is 0 Å². The van der Waals surface area contributed by atoms with Crippen LogP contribution in [0.25, 0.3) is 0 Å². The number of esters is 1. The summed E-state index contributed by atoms with van der Waals surface area (Å²) in [7, 11) is -4.01. The second-order valence-corrected chi connectivity index (χ2v) is 8.21. The summed E-state index contributed by atoms with van der Waals surface area (Å²) in [6.07, 6.45) is -1.59. The van der Waals surface area contributed by atoms with Gasteiger partial charge in [0.1, 0.15) is 18.3 Å². The molecular weight excluding hydrogens is 368 g/mol. The number of rotatable bonds is 5. The van der Waals surface area contributed by atoms with Crippen LogP contribution in [0.2, 0.25) is 0 Å². The lowest BCUT2D eigenvalue weighted by Crippen LogP contribution is -2.45. The highest BCUT2D eigenvalue weighted by Crippen LogP contribution is 2.28. The summed E-state index contributed by atoms with van der Waals surface area (Å²) in [6, 6.07) is 14.7. The minimum absolute atomic E-state index is 0.0312. The summed E-state index contributed by atoms with van der Waals surface area (Å²) in [6.45, 7) is 1.85. The quantitative estimate of drug-likeness (QED) is 0.624. The van der Waals surface area contributed by atoms with Crippen molar-refractivity contribution < 1.29 is 27.2 Å². The van der Waals surface area contributed by atoms with E-state index in [0.717, 1.165) is 5.56 Å². The summed E-state index contributed by atoms with van der Waals surface area (Å²) in [5.74, 6) is -0.554. The minimum Gasteiger partial charge on any atom is -0.456 e. The molecule has 0 amide bonds. The van der Waals surface area contributed by atoms with Crippen molar-refractivity contribution in [2.24, 2.45) is 0 Å². The van der Waals surface area contributed by atoms with Gasteiger partial charge in [-0.15, -0.1) is 0 Å². The molecule has 0 spiro atoms. The van der Waals surface area contributed by atoms with Crippen LogP contribution in [0.4, 0.5) is 0 Å². The SMILES string of the molecule is Cc1ccc(S(=O)(=O)OC2CCC[C@@H](OC(=O)c3ccccc3)C2O)cc1. The van der Waals surface area contributed by atoms with E-state index >= 15 is 0 Å². The predicted octanol–water partition coefficient (Wildman–Crippen LogP) is 2.84. The number of ether oxygens (including phenoxy) is 1. The van der Waals surface area contributed by atoms with Gasteiger partial charge < -0.3 is 9.84 Å². The number of aryl methyl sites for hydroxylation is 1. The van der Waals surface area contributed by atoms with E-state index in [1.54, 1.807) is 42.5 Å². The number of hydrogen-bond acceptors (Lipinski definition) is 6. The molecule has 0 radical (unpaired) electrons. The summed E-state index contributed by atoms with van der Waals surface area (Å²) in [4.78, 5) is 12.2. The van der Waals surface area contributed by atoms with Gasteiger partial charge in [0.15, 0.2) is 0 Å². The number of aliphatic hydroxyl groups is 1. The van der Waals surface area contributed by atoms with Crippen LogP contribution in [0, 0.1) is 6.92 Å². The monoisotopic (exact) mass is 390 g/mol. The van der Waals surface area contributed by atoms with Gasteiger partial charge in [-0.3, -0.25) is 4.18 Å². The van der Waals surface area contributed by atoms with Gasteiger partial charge in [-0.2, -0.15) is 8.42 Å². The average Bonchev–Trinajstić information content (AvgIpc) is 2.66. The van der Waals surface area contributed by atoms with Crippen LogP contribution in [-0.2, 0) is 19.0 Å². The van der Waals surface area contributed by atoms with Crippen molar-refractivity contribution in [3.05, 3.63) is 65.7 Å². The number of benzene rings is 2. The molecule has 2 aromatic carbocycles. The fraction of sp³-hybridized carbons (Fsp3) is 0.350. The highest BCUT2D eigenvalue weighted by Gasteiger charge is 2.38. The Morgan fingerprint density at radius 3 is 2.30 bits per heavy atom. The molecule has 27 heavy (non-hydrogen) atoms. The van der Waals surface area contributed by atoms with Crippen molar-refractivity contribution in [1.82, 2.24) is 0 Å². The molecule has 7 heteroatoms. The molecule has 6 nitrogen and oxygen atoms in total. The van der Waals surface area contributed by atoms with Crippen molar-refractivity contribution in [2.75, 3.05) is 0 Å². The van der Waals surface area contributed by atoms with E-state index in [1.807, 2.05) is 6.92 Å². The van der Waals surface area contributed by atoms with Crippen LogP contribution < -0.4 is 0 Å². The van der Waals surface area contributed by atoms with Crippen molar-refractivity contribution in [3.63, 3.8) is 0 Å². The van der Waals surface area contributed by atoms with Gasteiger partial charge in [0, 0.05) is 0 Å². The number of hydrogen-bond donors (Lipinski definition) is 1. The number of aliphatic hydroxyl groups excluding tert-OH is 1. The molecule has 1 N–H and O–H groups in total. The molecule has 0 heterocycles. The first-order valence-corrected chi connectivity index (χ1v) is 10.2. The molecule has 0 aliphatic heterocycles. The van der Waals surface area contributed by atoms with Crippen molar-refractivity contribution >= 4 is 16.1 Å². The first-order chi connectivity index (χ1) is 12.9. The predicted molar refractivity (Wildman–Crippen MR) is 98.7 cm³/mol. The van der Waals surface area contributed by atoms with E-state index in [9.17, 15) is 18.3 Å². The maximum atomic E-state index is 12.5. The minimum atomic E-state index is -4.01. The Hall–Kier alpha value is -2.22. The molecule has 3 atom stereocenters. The van der Waals surface area contributed by atoms with Crippen LogP contribution in [0.1, 0.15) is 35.2 Å². The number of carbonyl (C=O) groups is 1. The average molecular weight is 390 g/mol. The molecule has 2 unspecified atom stereocenters. The van der Waals surface area contributed by atoms with Gasteiger partial charge in [0.05, 0.1) is 10.5 Å². The van der Waals surface area contributed by atoms with E-state index in [1.165, 1.54) is 12.1 Å². The molecule has 1 fully saturated rings. The third-order valence-electron chi connectivity index (χ3n) is 4.57. The molecular formula is C20H22O6S. The van der Waals surface area contributed by atoms with E-state index in [-0.39, 0.29) is 4.90 Å². The summed E-state index contributed by atoms with van der Waals surface area (Å²) in [5, 5.41) is 10.5.